The molecule has 1 heterocycles. The predicted octanol–water partition coefficient (Wildman–Crippen LogP) is 1.94. The van der Waals surface area contributed by atoms with Crippen molar-refractivity contribution in [2.75, 3.05) is 6.54 Å². The van der Waals surface area contributed by atoms with Gasteiger partial charge in [0.15, 0.2) is 0 Å². The first-order valence-corrected chi connectivity index (χ1v) is 6.18. The second-order valence-electron chi connectivity index (χ2n) is 4.29. The number of halogens is 1. The van der Waals surface area contributed by atoms with Crippen LogP contribution in [0.25, 0.3) is 0 Å². The number of nitrogens with one attached hydrogen (secondary N) is 1. The molecule has 0 saturated heterocycles. The lowest BCUT2D eigenvalue weighted by molar-refractivity contribution is -0.124. The molecule has 1 amide bonds. The first kappa shape index (κ1) is 13.3. The first-order valence-electron chi connectivity index (χ1n) is 6.18. The Hall–Kier alpha value is -2.17. The van der Waals surface area contributed by atoms with Crippen LogP contribution < -0.4 is 5.32 Å². The van der Waals surface area contributed by atoms with Crippen LogP contribution in [0.3, 0.4) is 0 Å². The van der Waals surface area contributed by atoms with Gasteiger partial charge in [0.25, 0.3) is 0 Å². The van der Waals surface area contributed by atoms with Crippen LogP contribution in [0.2, 0.25) is 0 Å². The zero-order valence-electron chi connectivity index (χ0n) is 10.7. The number of hydrogen-bond donors (Lipinski definition) is 1. The number of carbonyl (C=O) groups is 1. The third-order valence-electron chi connectivity index (χ3n) is 2.95. The van der Waals surface area contributed by atoms with Crippen molar-refractivity contribution in [3.8, 4) is 0 Å². The van der Waals surface area contributed by atoms with Gasteiger partial charge in [-0.05, 0) is 31.0 Å². The highest BCUT2D eigenvalue weighted by atomic mass is 19.1. The van der Waals surface area contributed by atoms with Gasteiger partial charge in [-0.3, -0.25) is 9.48 Å². The monoisotopic (exact) mass is 261 g/mol. The maximum atomic E-state index is 13.4. The summed E-state index contributed by atoms with van der Waals surface area (Å²) in [5, 5.41) is 6.79. The average molecular weight is 261 g/mol. The Morgan fingerprint density at radius 2 is 2.21 bits per heavy atom. The molecule has 2 rings (SSSR count). The second-order valence-corrected chi connectivity index (χ2v) is 4.29. The quantitative estimate of drug-likeness (QED) is 0.894. The van der Waals surface area contributed by atoms with Crippen molar-refractivity contribution in [1.82, 2.24) is 15.1 Å². The molecule has 0 aliphatic carbocycles. The Morgan fingerprint density at radius 3 is 2.89 bits per heavy atom. The van der Waals surface area contributed by atoms with Crippen LogP contribution in [0.4, 0.5) is 4.39 Å². The van der Waals surface area contributed by atoms with Gasteiger partial charge in [-0.25, -0.2) is 4.39 Å². The van der Waals surface area contributed by atoms with Crippen LogP contribution in [0.15, 0.2) is 42.7 Å². The smallest absolute Gasteiger partial charge is 0.244 e. The number of hydrogen-bond acceptors (Lipinski definition) is 2. The molecular weight excluding hydrogens is 245 g/mol. The van der Waals surface area contributed by atoms with Gasteiger partial charge in [0.05, 0.1) is 0 Å². The number of nitrogens with zero attached hydrogens (tertiary/aromatic N) is 2. The summed E-state index contributed by atoms with van der Waals surface area (Å²) in [6.07, 6.45) is 3.84. The summed E-state index contributed by atoms with van der Waals surface area (Å²) in [6, 6.07) is 7.98. The summed E-state index contributed by atoms with van der Waals surface area (Å²) >= 11 is 0. The van der Waals surface area contributed by atoms with Gasteiger partial charge in [-0.2, -0.15) is 5.10 Å². The first-order chi connectivity index (χ1) is 9.18. The van der Waals surface area contributed by atoms with E-state index < -0.39 is 0 Å². The average Bonchev–Trinajstić information content (AvgIpc) is 2.94. The van der Waals surface area contributed by atoms with Crippen molar-refractivity contribution in [3.63, 3.8) is 0 Å². The molecule has 0 radical (unpaired) electrons. The zero-order valence-corrected chi connectivity index (χ0v) is 10.7. The van der Waals surface area contributed by atoms with E-state index in [1.807, 2.05) is 0 Å². The van der Waals surface area contributed by atoms with Crippen LogP contribution in [0.1, 0.15) is 18.5 Å². The molecule has 5 heteroatoms. The summed E-state index contributed by atoms with van der Waals surface area (Å²) in [5.74, 6) is -0.364. The molecule has 100 valence electrons. The summed E-state index contributed by atoms with van der Waals surface area (Å²) in [7, 11) is 0. The third kappa shape index (κ3) is 3.40. The van der Waals surface area contributed by atoms with E-state index in [1.165, 1.54) is 6.07 Å². The minimum absolute atomic E-state index is 0.125. The van der Waals surface area contributed by atoms with Crippen LogP contribution in [0.5, 0.6) is 0 Å². The molecule has 1 aromatic heterocycles. The third-order valence-corrected chi connectivity index (χ3v) is 2.95. The summed E-state index contributed by atoms with van der Waals surface area (Å²) in [6.45, 7) is 2.18. The largest absolute Gasteiger partial charge is 0.354 e. The van der Waals surface area contributed by atoms with Crippen molar-refractivity contribution < 1.29 is 9.18 Å². The van der Waals surface area contributed by atoms with Crippen LogP contribution in [0, 0.1) is 5.82 Å². The SMILES string of the molecule is CC(C(=O)NCCc1ccccc1F)n1cccn1. The minimum Gasteiger partial charge on any atom is -0.354 e. The fraction of sp³-hybridized carbons (Fsp3) is 0.286. The van der Waals surface area contributed by atoms with Gasteiger partial charge in [-0.1, -0.05) is 18.2 Å². The van der Waals surface area contributed by atoms with Crippen molar-refractivity contribution in [3.05, 3.63) is 54.1 Å². The highest BCUT2D eigenvalue weighted by molar-refractivity contribution is 5.79. The van der Waals surface area contributed by atoms with Gasteiger partial charge < -0.3 is 5.32 Å². The molecule has 2 aromatic rings. The Morgan fingerprint density at radius 1 is 1.42 bits per heavy atom. The molecule has 19 heavy (non-hydrogen) atoms. The maximum Gasteiger partial charge on any atom is 0.244 e. The summed E-state index contributed by atoms with van der Waals surface area (Å²) < 4.78 is 15.0. The highest BCUT2D eigenvalue weighted by Crippen LogP contribution is 2.07. The molecular formula is C14H16FN3O. The fourth-order valence-electron chi connectivity index (χ4n) is 1.80. The molecule has 0 aliphatic rings. The normalized spacial score (nSPS) is 12.1. The van der Waals surface area contributed by atoms with Gasteiger partial charge in [0.2, 0.25) is 5.91 Å². The molecule has 1 unspecified atom stereocenters. The number of benzene rings is 1. The lowest BCUT2D eigenvalue weighted by Gasteiger charge is -2.12. The van der Waals surface area contributed by atoms with Gasteiger partial charge >= 0.3 is 0 Å². The van der Waals surface area contributed by atoms with E-state index in [0.717, 1.165) is 0 Å². The van der Waals surface area contributed by atoms with Crippen LogP contribution in [-0.4, -0.2) is 22.2 Å². The van der Waals surface area contributed by atoms with Gasteiger partial charge in [-0.15, -0.1) is 0 Å². The highest BCUT2D eigenvalue weighted by Gasteiger charge is 2.14. The summed E-state index contributed by atoms with van der Waals surface area (Å²) in [4.78, 5) is 11.9. The zero-order chi connectivity index (χ0) is 13.7. The van der Waals surface area contributed by atoms with E-state index in [1.54, 1.807) is 48.3 Å². The molecule has 0 aliphatic heterocycles. The molecule has 1 atom stereocenters. The van der Waals surface area contributed by atoms with Gasteiger partial charge in [0, 0.05) is 18.9 Å². The predicted molar refractivity (Wildman–Crippen MR) is 70.1 cm³/mol. The molecule has 4 nitrogen and oxygen atoms in total. The second kappa shape index (κ2) is 6.13. The Labute approximate surface area is 111 Å². The van der Waals surface area contributed by atoms with E-state index in [2.05, 4.69) is 10.4 Å². The Kier molecular flexibility index (Phi) is 4.28. The number of amides is 1. The van der Waals surface area contributed by atoms with E-state index in [-0.39, 0.29) is 17.8 Å². The van der Waals surface area contributed by atoms with E-state index >= 15 is 0 Å². The van der Waals surface area contributed by atoms with E-state index in [0.29, 0.717) is 18.5 Å². The summed E-state index contributed by atoms with van der Waals surface area (Å²) in [5.41, 5.74) is 0.606. The molecule has 0 saturated carbocycles. The van der Waals surface area contributed by atoms with E-state index in [4.69, 9.17) is 0 Å². The number of aromatic nitrogens is 2. The lowest BCUT2D eigenvalue weighted by atomic mass is 10.1. The molecule has 0 bridgehead atoms. The molecule has 1 N–H and O–H groups in total. The van der Waals surface area contributed by atoms with Crippen molar-refractivity contribution in [2.45, 2.75) is 19.4 Å². The van der Waals surface area contributed by atoms with Crippen molar-refractivity contribution in [2.24, 2.45) is 0 Å². The van der Waals surface area contributed by atoms with Crippen molar-refractivity contribution in [1.29, 1.82) is 0 Å². The number of rotatable bonds is 5. The Bertz CT molecular complexity index is 539. The lowest BCUT2D eigenvalue weighted by Crippen LogP contribution is -2.32. The fourth-order valence-corrected chi connectivity index (χ4v) is 1.80. The van der Waals surface area contributed by atoms with Crippen LogP contribution >= 0.6 is 0 Å². The topological polar surface area (TPSA) is 46.9 Å². The van der Waals surface area contributed by atoms with Crippen molar-refractivity contribution >= 4 is 5.91 Å². The molecule has 0 spiro atoms. The Balaban J connectivity index is 1.83. The molecule has 0 fully saturated rings. The van der Waals surface area contributed by atoms with Crippen LogP contribution in [-0.2, 0) is 11.2 Å². The maximum absolute atomic E-state index is 13.4. The standard InChI is InChI=1S/C14H16FN3O/c1-11(18-10-4-8-17-18)14(19)16-9-7-12-5-2-3-6-13(12)15/h2-6,8,10-11H,7,9H2,1H3,(H,16,19). The van der Waals surface area contributed by atoms with Gasteiger partial charge in [0.1, 0.15) is 11.9 Å². The van der Waals surface area contributed by atoms with E-state index in [9.17, 15) is 9.18 Å². The molecule has 1 aromatic carbocycles. The minimum atomic E-state index is -0.365. The number of carbonyl (C=O) groups excluding carboxylic acids is 1.